The normalized spacial score (nSPS) is 20.8. The molecule has 1 aromatic carbocycles. The highest BCUT2D eigenvalue weighted by atomic mass is 32.2. The topological polar surface area (TPSA) is 112 Å². The Morgan fingerprint density at radius 1 is 1.14 bits per heavy atom. The summed E-state index contributed by atoms with van der Waals surface area (Å²) < 4.78 is 37.2. The van der Waals surface area contributed by atoms with Crippen LogP contribution in [0, 0.1) is 6.92 Å². The summed E-state index contributed by atoms with van der Waals surface area (Å²) >= 11 is 0. The fraction of sp³-hybridized carbons (Fsp3) is 0.480. The summed E-state index contributed by atoms with van der Waals surface area (Å²) in [7, 11) is -3.07. The monoisotopic (exact) mass is 496 g/mol. The zero-order chi connectivity index (χ0) is 24.2. The van der Waals surface area contributed by atoms with Gasteiger partial charge in [0.15, 0.2) is 27.0 Å². The molecule has 9 nitrogen and oxygen atoms in total. The predicted molar refractivity (Wildman–Crippen MR) is 130 cm³/mol. The van der Waals surface area contributed by atoms with Crippen molar-refractivity contribution in [2.24, 2.45) is 0 Å². The van der Waals surface area contributed by atoms with Crippen molar-refractivity contribution >= 4 is 26.8 Å². The van der Waals surface area contributed by atoms with Gasteiger partial charge in [-0.1, -0.05) is 6.07 Å². The van der Waals surface area contributed by atoms with Crippen molar-refractivity contribution in [2.45, 2.75) is 44.6 Å². The molecule has 10 heteroatoms. The number of aryl methyl sites for hydroxylation is 1. The maximum atomic E-state index is 13.3. The summed E-state index contributed by atoms with van der Waals surface area (Å²) in [6, 6.07) is 7.49. The molecule has 0 bridgehead atoms. The minimum Gasteiger partial charge on any atom is -0.486 e. The number of carbonyl (C=O) groups excluding carboxylic acids is 1. The average molecular weight is 497 g/mol. The summed E-state index contributed by atoms with van der Waals surface area (Å²) in [5.41, 5.74) is 3.81. The largest absolute Gasteiger partial charge is 0.486 e. The Labute approximate surface area is 203 Å². The molecule has 3 aromatic rings. The number of hydrogen-bond acceptors (Lipinski definition) is 7. The number of ether oxygens (including phenoxy) is 2. The molecule has 2 fully saturated rings. The van der Waals surface area contributed by atoms with Crippen molar-refractivity contribution in [2.75, 3.05) is 31.3 Å². The van der Waals surface area contributed by atoms with Gasteiger partial charge in [-0.25, -0.2) is 18.1 Å². The van der Waals surface area contributed by atoms with Crippen LogP contribution in [0.5, 0.6) is 11.5 Å². The SMILES string of the molecule is Cc1nn(C2CCS(=O)(=O)C2)c2nc(C3CC3)cc(C(=O)NCCc3ccc4c(c3)OCCO4)c12. The molecule has 3 aliphatic rings. The predicted octanol–water partition coefficient (Wildman–Crippen LogP) is 2.72. The van der Waals surface area contributed by atoms with Crippen molar-refractivity contribution < 1.29 is 22.7 Å². The number of nitrogens with zero attached hydrogens (tertiary/aromatic N) is 3. The Balaban J connectivity index is 1.26. The lowest BCUT2D eigenvalue weighted by Gasteiger charge is -2.19. The second kappa shape index (κ2) is 8.51. The van der Waals surface area contributed by atoms with Gasteiger partial charge in [-0.15, -0.1) is 0 Å². The van der Waals surface area contributed by atoms with Gasteiger partial charge in [-0.05, 0) is 56.4 Å². The number of aromatic nitrogens is 3. The number of rotatable bonds is 6. The van der Waals surface area contributed by atoms with Crippen LogP contribution in [0.4, 0.5) is 0 Å². The first-order chi connectivity index (χ1) is 16.9. The number of pyridine rings is 1. The maximum absolute atomic E-state index is 13.3. The molecule has 1 amide bonds. The highest BCUT2D eigenvalue weighted by Crippen LogP contribution is 2.41. The van der Waals surface area contributed by atoms with Crippen LogP contribution in [0.1, 0.15) is 58.5 Å². The van der Waals surface area contributed by atoms with Crippen LogP contribution in [0.15, 0.2) is 24.3 Å². The second-order valence-electron chi connectivity index (χ2n) is 9.64. The molecular weight excluding hydrogens is 468 g/mol. The zero-order valence-electron chi connectivity index (χ0n) is 19.6. The summed E-state index contributed by atoms with van der Waals surface area (Å²) in [6.07, 6.45) is 3.28. The lowest BCUT2D eigenvalue weighted by Crippen LogP contribution is -2.26. The number of fused-ring (bicyclic) bond motifs is 2. The molecule has 6 rings (SSSR count). The van der Waals surface area contributed by atoms with Crippen molar-refractivity contribution in [1.82, 2.24) is 20.1 Å². The first-order valence-corrected chi connectivity index (χ1v) is 14.0. The molecule has 1 N–H and O–H groups in total. The molecule has 0 spiro atoms. The Bertz CT molecular complexity index is 1430. The van der Waals surface area contributed by atoms with E-state index in [0.717, 1.165) is 35.6 Å². The maximum Gasteiger partial charge on any atom is 0.252 e. The number of amides is 1. The highest BCUT2D eigenvalue weighted by molar-refractivity contribution is 7.91. The molecule has 35 heavy (non-hydrogen) atoms. The number of hydrogen-bond donors (Lipinski definition) is 1. The van der Waals surface area contributed by atoms with E-state index in [0.29, 0.717) is 60.8 Å². The number of sulfone groups is 1. The smallest absolute Gasteiger partial charge is 0.252 e. The molecular formula is C25H28N4O5S. The first kappa shape index (κ1) is 22.3. The molecule has 1 saturated heterocycles. The Morgan fingerprint density at radius 2 is 1.94 bits per heavy atom. The molecule has 1 aliphatic carbocycles. The van der Waals surface area contributed by atoms with E-state index in [1.807, 2.05) is 31.2 Å². The standard InChI is InChI=1S/C25H28N4O5S/c1-15-23-19(25(30)26-8-6-16-2-5-21-22(12-16)34-10-9-33-21)13-20(17-3-4-17)27-24(23)29(28-15)18-7-11-35(31,32)14-18/h2,5,12-13,17-18H,3-4,6-11,14H2,1H3,(H,26,30). The number of carbonyl (C=O) groups is 1. The third-order valence-corrected chi connectivity index (χ3v) is 8.71. The van der Waals surface area contributed by atoms with E-state index in [1.54, 1.807) is 4.68 Å². The van der Waals surface area contributed by atoms with Crippen LogP contribution in [0.2, 0.25) is 0 Å². The number of nitrogens with one attached hydrogen (secondary N) is 1. The van der Waals surface area contributed by atoms with Crippen LogP contribution >= 0.6 is 0 Å². The third-order valence-electron chi connectivity index (χ3n) is 6.96. The summed E-state index contributed by atoms with van der Waals surface area (Å²) in [4.78, 5) is 18.2. The van der Waals surface area contributed by atoms with E-state index < -0.39 is 9.84 Å². The van der Waals surface area contributed by atoms with Gasteiger partial charge in [0, 0.05) is 18.2 Å². The second-order valence-corrected chi connectivity index (χ2v) is 11.9. The average Bonchev–Trinajstić information content (AvgIpc) is 3.56. The van der Waals surface area contributed by atoms with Gasteiger partial charge in [0.05, 0.1) is 34.2 Å². The minimum atomic E-state index is -3.07. The van der Waals surface area contributed by atoms with Gasteiger partial charge < -0.3 is 14.8 Å². The Hall–Kier alpha value is -3.14. The molecule has 1 unspecified atom stereocenters. The van der Waals surface area contributed by atoms with E-state index >= 15 is 0 Å². The van der Waals surface area contributed by atoms with Gasteiger partial charge >= 0.3 is 0 Å². The van der Waals surface area contributed by atoms with Gasteiger partial charge in [0.2, 0.25) is 0 Å². The van der Waals surface area contributed by atoms with E-state index in [9.17, 15) is 13.2 Å². The van der Waals surface area contributed by atoms with Gasteiger partial charge in [0.25, 0.3) is 5.91 Å². The third kappa shape index (κ3) is 4.35. The summed E-state index contributed by atoms with van der Waals surface area (Å²) in [5.74, 6) is 1.89. The van der Waals surface area contributed by atoms with Gasteiger partial charge in [-0.2, -0.15) is 5.10 Å². The van der Waals surface area contributed by atoms with E-state index in [4.69, 9.17) is 14.5 Å². The minimum absolute atomic E-state index is 0.0651. The van der Waals surface area contributed by atoms with E-state index in [-0.39, 0.29) is 23.5 Å². The number of benzene rings is 1. The molecule has 1 atom stereocenters. The molecule has 2 aliphatic heterocycles. The first-order valence-electron chi connectivity index (χ1n) is 12.1. The van der Waals surface area contributed by atoms with Gasteiger partial charge in [-0.3, -0.25) is 4.79 Å². The molecule has 184 valence electrons. The molecule has 4 heterocycles. The quantitative estimate of drug-likeness (QED) is 0.558. The van der Waals surface area contributed by atoms with Crippen molar-refractivity contribution in [1.29, 1.82) is 0 Å². The van der Waals surface area contributed by atoms with Gasteiger partial charge in [0.1, 0.15) is 13.2 Å². The van der Waals surface area contributed by atoms with E-state index in [2.05, 4.69) is 10.4 Å². The fourth-order valence-corrected chi connectivity index (χ4v) is 6.67. The van der Waals surface area contributed by atoms with Crippen LogP contribution in [0.3, 0.4) is 0 Å². The molecule has 0 radical (unpaired) electrons. The van der Waals surface area contributed by atoms with Crippen molar-refractivity contribution in [3.8, 4) is 11.5 Å². The van der Waals surface area contributed by atoms with Crippen molar-refractivity contribution in [3.05, 3.63) is 46.8 Å². The van der Waals surface area contributed by atoms with Crippen molar-refractivity contribution in [3.63, 3.8) is 0 Å². The lowest BCUT2D eigenvalue weighted by molar-refractivity contribution is 0.0955. The fourth-order valence-electron chi connectivity index (χ4n) is 4.98. The Morgan fingerprint density at radius 3 is 2.69 bits per heavy atom. The summed E-state index contributed by atoms with van der Waals surface area (Å²) in [6.45, 7) is 3.41. The Kier molecular flexibility index (Phi) is 5.43. The zero-order valence-corrected chi connectivity index (χ0v) is 20.4. The van der Waals surface area contributed by atoms with Crippen LogP contribution in [0.25, 0.3) is 11.0 Å². The van der Waals surface area contributed by atoms with Crippen LogP contribution < -0.4 is 14.8 Å². The van der Waals surface area contributed by atoms with E-state index in [1.165, 1.54) is 0 Å². The van der Waals surface area contributed by atoms with Crippen LogP contribution in [-0.4, -0.2) is 60.4 Å². The summed E-state index contributed by atoms with van der Waals surface area (Å²) in [5, 5.41) is 8.41. The molecule has 2 aromatic heterocycles. The highest BCUT2D eigenvalue weighted by Gasteiger charge is 2.34. The molecule has 1 saturated carbocycles. The van der Waals surface area contributed by atoms with Crippen LogP contribution in [-0.2, 0) is 16.3 Å². The lowest BCUT2D eigenvalue weighted by atomic mass is 10.1.